The number of carbonyl (C=O) groups is 2. The van der Waals surface area contributed by atoms with Crippen molar-refractivity contribution in [1.82, 2.24) is 4.90 Å². The number of phenols is 1. The second-order valence-electron chi connectivity index (χ2n) is 5.12. The molecule has 23 heavy (non-hydrogen) atoms. The Bertz CT molecular complexity index is 795. The quantitative estimate of drug-likeness (QED) is 0.859. The number of imide groups is 1. The number of anilines is 1. The molecule has 0 aromatic heterocycles. The van der Waals surface area contributed by atoms with E-state index in [9.17, 15) is 14.7 Å². The summed E-state index contributed by atoms with van der Waals surface area (Å²) >= 11 is 11.8. The number of phenolic OH excluding ortho intramolecular Hbond substituents is 1. The summed E-state index contributed by atoms with van der Waals surface area (Å²) in [5.41, 5.74) is 0.900. The normalized spacial score (nSPS) is 14.7. The Hall–Kier alpha value is -2.24. The number of benzene rings is 2. The van der Waals surface area contributed by atoms with Gasteiger partial charge in [0.05, 0.1) is 12.2 Å². The maximum Gasteiger partial charge on any atom is 0.332 e. The van der Waals surface area contributed by atoms with Crippen molar-refractivity contribution in [3.05, 3.63) is 58.1 Å². The molecule has 5 nitrogen and oxygen atoms in total. The Morgan fingerprint density at radius 1 is 1.04 bits per heavy atom. The molecule has 0 saturated carbocycles. The Balaban J connectivity index is 1.85. The lowest BCUT2D eigenvalue weighted by molar-refractivity contribution is -0.116. The number of amides is 3. The first-order valence-electron chi connectivity index (χ1n) is 6.80. The number of halogens is 2. The molecule has 7 heteroatoms. The van der Waals surface area contributed by atoms with Gasteiger partial charge in [-0.25, -0.2) is 9.69 Å². The van der Waals surface area contributed by atoms with Crippen LogP contribution in [0, 0.1) is 0 Å². The molecule has 0 unspecified atom stereocenters. The molecule has 0 spiro atoms. The Morgan fingerprint density at radius 2 is 1.78 bits per heavy atom. The number of carbonyl (C=O) groups excluding carboxylic acids is 2. The van der Waals surface area contributed by atoms with Gasteiger partial charge >= 0.3 is 6.03 Å². The molecule has 1 aliphatic heterocycles. The van der Waals surface area contributed by atoms with Gasteiger partial charge in [0.1, 0.15) is 12.3 Å². The highest BCUT2D eigenvalue weighted by Gasteiger charge is 2.37. The van der Waals surface area contributed by atoms with Gasteiger partial charge in [0.2, 0.25) is 0 Å². The van der Waals surface area contributed by atoms with Crippen molar-refractivity contribution >= 4 is 40.8 Å². The fraction of sp³-hybridized carbons (Fsp3) is 0.125. The topological polar surface area (TPSA) is 60.9 Å². The zero-order valence-corrected chi connectivity index (χ0v) is 13.4. The second kappa shape index (κ2) is 6.10. The molecule has 1 saturated heterocycles. The standard InChI is InChI=1S/C16H12Cl2N2O3/c17-11-2-1-3-13(7-11)20-15(22)9-19(16(20)23)8-10-6-12(18)4-5-14(10)21/h1-7,21H,8-9H2. The van der Waals surface area contributed by atoms with Crippen LogP contribution in [0.15, 0.2) is 42.5 Å². The van der Waals surface area contributed by atoms with Crippen molar-refractivity contribution in [3.8, 4) is 5.75 Å². The van der Waals surface area contributed by atoms with Crippen LogP contribution in [0.25, 0.3) is 0 Å². The molecule has 1 heterocycles. The van der Waals surface area contributed by atoms with Gasteiger partial charge in [0, 0.05) is 15.6 Å². The Kier molecular flexibility index (Phi) is 4.15. The highest BCUT2D eigenvalue weighted by molar-refractivity contribution is 6.31. The van der Waals surface area contributed by atoms with Crippen molar-refractivity contribution in [1.29, 1.82) is 0 Å². The van der Waals surface area contributed by atoms with Gasteiger partial charge < -0.3 is 10.0 Å². The maximum atomic E-state index is 12.5. The van der Waals surface area contributed by atoms with Gasteiger partial charge in [0.15, 0.2) is 0 Å². The van der Waals surface area contributed by atoms with Crippen molar-refractivity contribution in [2.24, 2.45) is 0 Å². The van der Waals surface area contributed by atoms with Gasteiger partial charge in [-0.1, -0.05) is 29.3 Å². The van der Waals surface area contributed by atoms with E-state index in [1.165, 1.54) is 11.0 Å². The summed E-state index contributed by atoms with van der Waals surface area (Å²) in [4.78, 5) is 27.1. The summed E-state index contributed by atoms with van der Waals surface area (Å²) in [6.07, 6.45) is 0. The minimum atomic E-state index is -0.461. The third kappa shape index (κ3) is 3.11. The summed E-state index contributed by atoms with van der Waals surface area (Å²) < 4.78 is 0. The Labute approximate surface area is 142 Å². The molecule has 0 atom stereocenters. The van der Waals surface area contributed by atoms with Crippen LogP contribution in [0.2, 0.25) is 10.0 Å². The van der Waals surface area contributed by atoms with Crippen molar-refractivity contribution in [2.75, 3.05) is 11.4 Å². The van der Waals surface area contributed by atoms with E-state index in [0.717, 1.165) is 4.90 Å². The molecule has 2 aromatic rings. The zero-order valence-electron chi connectivity index (χ0n) is 11.9. The van der Waals surface area contributed by atoms with E-state index in [1.54, 1.807) is 36.4 Å². The molecular weight excluding hydrogens is 339 g/mol. The van der Waals surface area contributed by atoms with Gasteiger partial charge in [-0.3, -0.25) is 4.79 Å². The number of rotatable bonds is 3. The predicted octanol–water partition coefficient (Wildman–Crippen LogP) is 3.67. The van der Waals surface area contributed by atoms with E-state index < -0.39 is 6.03 Å². The van der Waals surface area contributed by atoms with Crippen LogP contribution in [0.1, 0.15) is 5.56 Å². The van der Waals surface area contributed by atoms with Crippen LogP contribution < -0.4 is 4.90 Å². The highest BCUT2D eigenvalue weighted by atomic mass is 35.5. The van der Waals surface area contributed by atoms with Crippen molar-refractivity contribution in [2.45, 2.75) is 6.54 Å². The van der Waals surface area contributed by atoms with E-state index in [-0.39, 0.29) is 24.7 Å². The first-order valence-corrected chi connectivity index (χ1v) is 7.56. The van der Waals surface area contributed by atoms with E-state index in [2.05, 4.69) is 0 Å². The number of hydrogen-bond acceptors (Lipinski definition) is 3. The summed E-state index contributed by atoms with van der Waals surface area (Å²) in [6.45, 7) is 0.0192. The maximum absolute atomic E-state index is 12.5. The summed E-state index contributed by atoms with van der Waals surface area (Å²) in [7, 11) is 0. The van der Waals surface area contributed by atoms with Crippen LogP contribution in [0.3, 0.4) is 0 Å². The largest absolute Gasteiger partial charge is 0.508 e. The van der Waals surface area contributed by atoms with Crippen LogP contribution in [-0.2, 0) is 11.3 Å². The molecule has 0 aliphatic carbocycles. The molecule has 1 aliphatic rings. The lowest BCUT2D eigenvalue weighted by atomic mass is 10.2. The average Bonchev–Trinajstić information content (AvgIpc) is 2.77. The van der Waals surface area contributed by atoms with Crippen LogP contribution in [0.4, 0.5) is 10.5 Å². The molecule has 1 fully saturated rings. The minimum Gasteiger partial charge on any atom is -0.508 e. The average molecular weight is 351 g/mol. The molecule has 3 rings (SSSR count). The number of nitrogens with zero attached hydrogens (tertiary/aromatic N) is 2. The predicted molar refractivity (Wildman–Crippen MR) is 87.9 cm³/mol. The monoisotopic (exact) mass is 350 g/mol. The first-order chi connectivity index (χ1) is 11.0. The van der Waals surface area contributed by atoms with Crippen LogP contribution >= 0.6 is 23.2 Å². The molecule has 118 valence electrons. The van der Waals surface area contributed by atoms with E-state index in [1.807, 2.05) is 0 Å². The van der Waals surface area contributed by atoms with Crippen molar-refractivity contribution < 1.29 is 14.7 Å². The van der Waals surface area contributed by atoms with E-state index >= 15 is 0 Å². The van der Waals surface area contributed by atoms with Gasteiger partial charge in [0.25, 0.3) is 5.91 Å². The van der Waals surface area contributed by atoms with Gasteiger partial charge in [-0.2, -0.15) is 0 Å². The lowest BCUT2D eigenvalue weighted by Gasteiger charge is -2.18. The smallest absolute Gasteiger partial charge is 0.332 e. The fourth-order valence-corrected chi connectivity index (χ4v) is 2.81. The van der Waals surface area contributed by atoms with E-state index in [0.29, 0.717) is 21.3 Å². The molecule has 3 amide bonds. The molecule has 0 radical (unpaired) electrons. The molecular formula is C16H12Cl2N2O3. The molecule has 2 aromatic carbocycles. The summed E-state index contributed by atoms with van der Waals surface area (Å²) in [5, 5.41) is 10.7. The third-order valence-electron chi connectivity index (χ3n) is 3.51. The fourth-order valence-electron chi connectivity index (χ4n) is 2.43. The lowest BCUT2D eigenvalue weighted by Crippen LogP contribution is -2.32. The number of hydrogen-bond donors (Lipinski definition) is 1. The highest BCUT2D eigenvalue weighted by Crippen LogP contribution is 2.28. The minimum absolute atomic E-state index is 0.0239. The first kappa shape index (κ1) is 15.6. The Morgan fingerprint density at radius 3 is 2.52 bits per heavy atom. The van der Waals surface area contributed by atoms with Gasteiger partial charge in [-0.05, 0) is 36.4 Å². The van der Waals surface area contributed by atoms with Crippen molar-refractivity contribution in [3.63, 3.8) is 0 Å². The number of urea groups is 1. The summed E-state index contributed by atoms with van der Waals surface area (Å²) in [6, 6.07) is 10.6. The molecule has 1 N–H and O–H groups in total. The molecule has 0 bridgehead atoms. The van der Waals surface area contributed by atoms with Crippen LogP contribution in [0.5, 0.6) is 5.75 Å². The van der Waals surface area contributed by atoms with Gasteiger partial charge in [-0.15, -0.1) is 0 Å². The zero-order chi connectivity index (χ0) is 16.6. The summed E-state index contributed by atoms with van der Waals surface area (Å²) in [5.74, 6) is -0.324. The third-order valence-corrected chi connectivity index (χ3v) is 3.98. The second-order valence-corrected chi connectivity index (χ2v) is 5.99. The van der Waals surface area contributed by atoms with E-state index in [4.69, 9.17) is 23.2 Å². The SMILES string of the molecule is O=C1CN(Cc2cc(Cl)ccc2O)C(=O)N1c1cccc(Cl)c1. The van der Waals surface area contributed by atoms with Crippen LogP contribution in [-0.4, -0.2) is 28.5 Å². The number of aromatic hydroxyl groups is 1.